The largest absolute Gasteiger partial charge is 0.324 e. The van der Waals surface area contributed by atoms with E-state index in [0.717, 1.165) is 11.1 Å². The molecule has 0 saturated carbocycles. The van der Waals surface area contributed by atoms with Crippen molar-refractivity contribution < 1.29 is 12.8 Å². The predicted octanol–water partition coefficient (Wildman–Crippen LogP) is 4.33. The van der Waals surface area contributed by atoms with Crippen molar-refractivity contribution in [1.82, 2.24) is 4.72 Å². The maximum absolute atomic E-state index is 13.8. The van der Waals surface area contributed by atoms with Crippen LogP contribution in [-0.4, -0.2) is 14.4 Å². The van der Waals surface area contributed by atoms with Crippen LogP contribution in [0.4, 0.5) is 10.1 Å². The van der Waals surface area contributed by atoms with Crippen molar-refractivity contribution in [2.45, 2.75) is 17.9 Å². The van der Waals surface area contributed by atoms with Crippen LogP contribution >= 0.6 is 11.6 Å². The summed E-state index contributed by atoms with van der Waals surface area (Å²) in [5.41, 5.74) is 2.57. The number of nitrogens with zero attached hydrogens (tertiary/aromatic N) is 1. The maximum atomic E-state index is 13.8. The molecule has 1 heterocycles. The summed E-state index contributed by atoms with van der Waals surface area (Å²) in [5, 5.41) is 3.66. The molecule has 5 nitrogen and oxygen atoms in total. The Labute approximate surface area is 173 Å². The van der Waals surface area contributed by atoms with E-state index in [-0.39, 0.29) is 17.4 Å². The molecule has 8 heteroatoms. The number of guanidine groups is 1. The highest BCUT2D eigenvalue weighted by Crippen LogP contribution is 2.30. The van der Waals surface area contributed by atoms with E-state index >= 15 is 0 Å². The molecule has 0 fully saturated rings. The van der Waals surface area contributed by atoms with Gasteiger partial charge in [0.15, 0.2) is 0 Å². The standard InChI is InChI=1S/C21H17ClFN3O2S/c22-17-8-3-5-14(12-17)11-15-7-4-10-19-20(15)25-21(26-29(19,27)28)24-13-16-6-1-2-9-18(16)23/h1-10,12H,11,13H2,(H2,24,25,26). The van der Waals surface area contributed by atoms with Crippen LogP contribution < -0.4 is 10.0 Å². The maximum Gasteiger partial charge on any atom is 0.266 e. The summed E-state index contributed by atoms with van der Waals surface area (Å²) in [4.78, 5) is 4.37. The van der Waals surface area contributed by atoms with Gasteiger partial charge >= 0.3 is 0 Å². The van der Waals surface area contributed by atoms with Crippen LogP contribution in [0.2, 0.25) is 5.02 Å². The molecule has 0 aromatic heterocycles. The molecule has 4 rings (SSSR count). The van der Waals surface area contributed by atoms with Crippen LogP contribution in [0.1, 0.15) is 16.7 Å². The molecule has 3 aromatic rings. The number of aliphatic imine (C=N–C) groups is 1. The average Bonchev–Trinajstić information content (AvgIpc) is 2.68. The average molecular weight is 430 g/mol. The van der Waals surface area contributed by atoms with Crippen molar-refractivity contribution in [2.75, 3.05) is 5.32 Å². The van der Waals surface area contributed by atoms with Gasteiger partial charge in [0.1, 0.15) is 10.7 Å². The second-order valence-electron chi connectivity index (χ2n) is 6.58. The van der Waals surface area contributed by atoms with Crippen LogP contribution in [0.25, 0.3) is 0 Å². The minimum absolute atomic E-state index is 0.00329. The molecule has 0 atom stereocenters. The third kappa shape index (κ3) is 4.26. The smallest absolute Gasteiger partial charge is 0.266 e. The molecule has 148 valence electrons. The number of halogens is 2. The van der Waals surface area contributed by atoms with Gasteiger partial charge in [-0.25, -0.2) is 22.5 Å². The molecular formula is C21H17ClFN3O2S. The van der Waals surface area contributed by atoms with E-state index in [1.807, 2.05) is 24.3 Å². The molecule has 0 amide bonds. The molecule has 0 unspecified atom stereocenters. The van der Waals surface area contributed by atoms with Gasteiger partial charge in [0.2, 0.25) is 5.96 Å². The van der Waals surface area contributed by atoms with E-state index in [4.69, 9.17) is 11.6 Å². The first-order valence-corrected chi connectivity index (χ1v) is 10.7. The molecule has 2 N–H and O–H groups in total. The fraction of sp³-hybridized carbons (Fsp3) is 0.0952. The van der Waals surface area contributed by atoms with Gasteiger partial charge in [0, 0.05) is 10.6 Å². The molecule has 1 aliphatic heterocycles. The Kier molecular flexibility index (Phi) is 5.25. The lowest BCUT2D eigenvalue weighted by Gasteiger charge is -2.24. The van der Waals surface area contributed by atoms with Crippen LogP contribution in [0.15, 0.2) is 76.6 Å². The Bertz CT molecular complexity index is 1210. The van der Waals surface area contributed by atoms with Crippen molar-refractivity contribution in [3.05, 3.63) is 94.3 Å². The lowest BCUT2D eigenvalue weighted by molar-refractivity contribution is 0.591. The van der Waals surface area contributed by atoms with E-state index in [9.17, 15) is 12.8 Å². The van der Waals surface area contributed by atoms with Gasteiger partial charge < -0.3 is 5.32 Å². The van der Waals surface area contributed by atoms with E-state index in [0.29, 0.717) is 22.7 Å². The highest BCUT2D eigenvalue weighted by Gasteiger charge is 2.28. The second-order valence-corrected chi connectivity index (χ2v) is 8.67. The molecule has 0 aliphatic carbocycles. The Morgan fingerprint density at radius 2 is 1.72 bits per heavy atom. The monoisotopic (exact) mass is 429 g/mol. The zero-order valence-electron chi connectivity index (χ0n) is 15.2. The highest BCUT2D eigenvalue weighted by atomic mass is 35.5. The van der Waals surface area contributed by atoms with Crippen molar-refractivity contribution in [2.24, 2.45) is 4.99 Å². The molecule has 0 radical (unpaired) electrons. The molecule has 29 heavy (non-hydrogen) atoms. The van der Waals surface area contributed by atoms with Gasteiger partial charge in [0.25, 0.3) is 10.0 Å². The molecule has 3 aromatic carbocycles. The zero-order chi connectivity index (χ0) is 20.4. The summed E-state index contributed by atoms with van der Waals surface area (Å²) in [6, 6.07) is 18.7. The van der Waals surface area contributed by atoms with Gasteiger partial charge in [0.05, 0.1) is 12.2 Å². The first-order valence-electron chi connectivity index (χ1n) is 8.86. The van der Waals surface area contributed by atoms with Gasteiger partial charge in [-0.15, -0.1) is 0 Å². The SMILES string of the molecule is O=S1(=O)NC(=NCc2ccccc2F)Nc2c(Cc3cccc(Cl)c3)cccc21. The third-order valence-electron chi connectivity index (χ3n) is 4.53. The molecule has 0 spiro atoms. The summed E-state index contributed by atoms with van der Waals surface area (Å²) < 4.78 is 41.6. The topological polar surface area (TPSA) is 70.6 Å². The van der Waals surface area contributed by atoms with Crippen LogP contribution in [-0.2, 0) is 23.0 Å². The first kappa shape index (κ1) is 19.4. The first-order chi connectivity index (χ1) is 13.9. The van der Waals surface area contributed by atoms with E-state index in [2.05, 4.69) is 15.0 Å². The van der Waals surface area contributed by atoms with Crippen molar-refractivity contribution >= 4 is 33.3 Å². The summed E-state index contributed by atoms with van der Waals surface area (Å²) in [6.07, 6.45) is 0.493. The second kappa shape index (κ2) is 7.85. The van der Waals surface area contributed by atoms with Crippen LogP contribution in [0, 0.1) is 5.82 Å². The zero-order valence-corrected chi connectivity index (χ0v) is 16.8. The van der Waals surface area contributed by atoms with Crippen molar-refractivity contribution in [1.29, 1.82) is 0 Å². The number of benzene rings is 3. The van der Waals surface area contributed by atoms with Gasteiger partial charge in [-0.2, -0.15) is 0 Å². The normalized spacial score (nSPS) is 16.0. The minimum atomic E-state index is -3.79. The van der Waals surface area contributed by atoms with Crippen LogP contribution in [0.3, 0.4) is 0 Å². The number of sulfonamides is 1. The van der Waals surface area contributed by atoms with E-state index in [1.54, 1.807) is 30.3 Å². The molecular weight excluding hydrogens is 413 g/mol. The summed E-state index contributed by atoms with van der Waals surface area (Å²) in [6.45, 7) is 0.00329. The molecule has 0 bridgehead atoms. The number of anilines is 1. The third-order valence-corrected chi connectivity index (χ3v) is 6.14. The van der Waals surface area contributed by atoms with E-state index < -0.39 is 15.8 Å². The lowest BCUT2D eigenvalue weighted by Crippen LogP contribution is -2.41. The summed E-state index contributed by atoms with van der Waals surface area (Å²) in [5.74, 6) is -0.336. The van der Waals surface area contributed by atoms with Crippen molar-refractivity contribution in [3.63, 3.8) is 0 Å². The number of para-hydroxylation sites is 1. The minimum Gasteiger partial charge on any atom is -0.324 e. The predicted molar refractivity (Wildman–Crippen MR) is 112 cm³/mol. The Hall–Kier alpha value is -2.90. The Morgan fingerprint density at radius 3 is 2.52 bits per heavy atom. The number of hydrogen-bond acceptors (Lipinski definition) is 3. The number of hydrogen-bond donors (Lipinski definition) is 2. The van der Waals surface area contributed by atoms with Crippen molar-refractivity contribution in [3.8, 4) is 0 Å². The quantitative estimate of drug-likeness (QED) is 0.648. The summed E-state index contributed by atoms with van der Waals surface area (Å²) in [7, 11) is -3.79. The fourth-order valence-corrected chi connectivity index (χ4v) is 4.55. The van der Waals surface area contributed by atoms with Gasteiger partial charge in [-0.05, 0) is 41.8 Å². The number of fused-ring (bicyclic) bond motifs is 1. The molecule has 0 saturated heterocycles. The fourth-order valence-electron chi connectivity index (χ4n) is 3.15. The van der Waals surface area contributed by atoms with Gasteiger partial charge in [-0.1, -0.05) is 54.1 Å². The summed E-state index contributed by atoms with van der Waals surface area (Å²) >= 11 is 6.06. The van der Waals surface area contributed by atoms with Gasteiger partial charge in [-0.3, -0.25) is 0 Å². The lowest BCUT2D eigenvalue weighted by atomic mass is 10.0. The highest BCUT2D eigenvalue weighted by molar-refractivity contribution is 7.90. The Morgan fingerprint density at radius 1 is 0.966 bits per heavy atom. The molecule has 1 aliphatic rings. The van der Waals surface area contributed by atoms with E-state index in [1.165, 1.54) is 12.1 Å². The Balaban J connectivity index is 1.68. The van der Waals surface area contributed by atoms with Crippen LogP contribution in [0.5, 0.6) is 0 Å². The number of nitrogens with one attached hydrogen (secondary N) is 2. The number of rotatable bonds is 4.